The van der Waals surface area contributed by atoms with Gasteiger partial charge < -0.3 is 15.6 Å². The van der Waals surface area contributed by atoms with E-state index in [1.54, 1.807) is 7.05 Å². The highest BCUT2D eigenvalue weighted by Gasteiger charge is 1.96. The topological polar surface area (TPSA) is 101 Å². The zero-order valence-electron chi connectivity index (χ0n) is 10.0. The Morgan fingerprint density at radius 2 is 2.47 bits per heavy atom. The van der Waals surface area contributed by atoms with Crippen LogP contribution in [0.3, 0.4) is 0 Å². The van der Waals surface area contributed by atoms with Gasteiger partial charge in [-0.3, -0.25) is 10.3 Å². The number of aromatic amines is 1. The SMILES string of the molecule is CN/C(=N/CCNCc1c[nH]c(C)n1)NC#N. The van der Waals surface area contributed by atoms with Crippen LogP contribution in [0.5, 0.6) is 0 Å². The number of guanidine groups is 1. The summed E-state index contributed by atoms with van der Waals surface area (Å²) in [6.45, 7) is 3.94. The summed E-state index contributed by atoms with van der Waals surface area (Å²) in [7, 11) is 1.71. The van der Waals surface area contributed by atoms with E-state index in [0.29, 0.717) is 19.0 Å². The Morgan fingerprint density at radius 3 is 3.06 bits per heavy atom. The normalized spacial score (nSPS) is 11.0. The van der Waals surface area contributed by atoms with E-state index in [0.717, 1.165) is 18.1 Å². The third-order valence-electron chi connectivity index (χ3n) is 2.03. The summed E-state index contributed by atoms with van der Waals surface area (Å²) in [6, 6.07) is 0. The summed E-state index contributed by atoms with van der Waals surface area (Å²) in [5.41, 5.74) is 0.982. The van der Waals surface area contributed by atoms with E-state index in [9.17, 15) is 0 Å². The highest BCUT2D eigenvalue weighted by atomic mass is 15.2. The van der Waals surface area contributed by atoms with Crippen molar-refractivity contribution in [2.75, 3.05) is 20.1 Å². The molecule has 0 amide bonds. The molecule has 7 nitrogen and oxygen atoms in total. The lowest BCUT2D eigenvalue weighted by molar-refractivity contribution is 0.682. The van der Waals surface area contributed by atoms with E-state index >= 15 is 0 Å². The average molecular weight is 235 g/mol. The molecule has 0 unspecified atom stereocenters. The van der Waals surface area contributed by atoms with Gasteiger partial charge in [0.2, 0.25) is 5.96 Å². The molecule has 1 aromatic rings. The van der Waals surface area contributed by atoms with Gasteiger partial charge in [0.05, 0.1) is 12.2 Å². The van der Waals surface area contributed by atoms with Crippen LogP contribution in [0.1, 0.15) is 11.5 Å². The van der Waals surface area contributed by atoms with Crippen LogP contribution in [0.25, 0.3) is 0 Å². The fourth-order valence-corrected chi connectivity index (χ4v) is 1.26. The van der Waals surface area contributed by atoms with Crippen molar-refractivity contribution in [3.63, 3.8) is 0 Å². The van der Waals surface area contributed by atoms with Crippen molar-refractivity contribution in [2.45, 2.75) is 13.5 Å². The molecule has 1 rings (SSSR count). The number of H-pyrrole nitrogens is 1. The first-order valence-electron chi connectivity index (χ1n) is 5.35. The van der Waals surface area contributed by atoms with Crippen molar-refractivity contribution < 1.29 is 0 Å². The lowest BCUT2D eigenvalue weighted by Gasteiger charge is -2.03. The number of aliphatic imine (C=N–C) groups is 1. The number of nitriles is 1. The molecule has 0 aromatic carbocycles. The molecule has 4 N–H and O–H groups in total. The summed E-state index contributed by atoms with van der Waals surface area (Å²) < 4.78 is 0. The van der Waals surface area contributed by atoms with Crippen LogP contribution < -0.4 is 16.0 Å². The summed E-state index contributed by atoms with van der Waals surface area (Å²) in [5, 5.41) is 16.9. The van der Waals surface area contributed by atoms with E-state index in [2.05, 4.69) is 30.9 Å². The molecule has 0 aliphatic carbocycles. The largest absolute Gasteiger partial charge is 0.359 e. The smallest absolute Gasteiger partial charge is 0.204 e. The van der Waals surface area contributed by atoms with Gasteiger partial charge in [0.1, 0.15) is 5.82 Å². The number of nitrogens with zero attached hydrogens (tertiary/aromatic N) is 3. The van der Waals surface area contributed by atoms with Crippen LogP contribution in [0, 0.1) is 18.4 Å². The maximum Gasteiger partial charge on any atom is 0.204 e. The molecule has 0 saturated heterocycles. The standard InChI is InChI=1S/C10H17N7/c1-8-15-6-9(17-8)5-13-3-4-14-10(12-2)16-7-11/h6,13H,3-5H2,1-2H3,(H,15,17)(H2,12,14,16). The maximum atomic E-state index is 8.41. The molecular weight excluding hydrogens is 218 g/mol. The molecule has 1 aromatic heterocycles. The van der Waals surface area contributed by atoms with Crippen LogP contribution in [0.2, 0.25) is 0 Å². The van der Waals surface area contributed by atoms with Crippen LogP contribution >= 0.6 is 0 Å². The van der Waals surface area contributed by atoms with E-state index in [4.69, 9.17) is 5.26 Å². The molecule has 0 fully saturated rings. The second kappa shape index (κ2) is 7.24. The number of aromatic nitrogens is 2. The number of aryl methyl sites for hydroxylation is 1. The second-order valence-corrected chi connectivity index (χ2v) is 3.37. The fraction of sp³-hybridized carbons (Fsp3) is 0.500. The van der Waals surface area contributed by atoms with Crippen molar-refractivity contribution >= 4 is 5.96 Å². The van der Waals surface area contributed by atoms with Crippen molar-refractivity contribution in [3.05, 3.63) is 17.7 Å². The van der Waals surface area contributed by atoms with Crippen LogP contribution in [0.4, 0.5) is 0 Å². The van der Waals surface area contributed by atoms with Gasteiger partial charge in [-0.05, 0) is 6.92 Å². The Labute approximate surface area is 100 Å². The minimum atomic E-state index is 0.477. The van der Waals surface area contributed by atoms with Gasteiger partial charge in [-0.1, -0.05) is 0 Å². The van der Waals surface area contributed by atoms with Gasteiger partial charge in [0.25, 0.3) is 0 Å². The molecule has 0 spiro atoms. The number of nitrogens with one attached hydrogen (secondary N) is 4. The fourth-order valence-electron chi connectivity index (χ4n) is 1.26. The van der Waals surface area contributed by atoms with Gasteiger partial charge in [-0.25, -0.2) is 4.98 Å². The van der Waals surface area contributed by atoms with E-state index in [1.165, 1.54) is 0 Å². The van der Waals surface area contributed by atoms with Gasteiger partial charge in [-0.15, -0.1) is 0 Å². The molecule has 1 heterocycles. The number of hydrogen-bond acceptors (Lipinski definition) is 4. The molecule has 0 aliphatic heterocycles. The first-order valence-corrected chi connectivity index (χ1v) is 5.35. The Balaban J connectivity index is 2.18. The summed E-state index contributed by atoms with van der Waals surface area (Å²) in [6.07, 6.45) is 3.69. The summed E-state index contributed by atoms with van der Waals surface area (Å²) >= 11 is 0. The first kappa shape index (κ1) is 13.0. The van der Waals surface area contributed by atoms with Crippen LogP contribution in [0.15, 0.2) is 11.2 Å². The lowest BCUT2D eigenvalue weighted by atomic mass is 10.4. The molecule has 92 valence electrons. The van der Waals surface area contributed by atoms with Gasteiger partial charge in [0.15, 0.2) is 6.19 Å². The minimum absolute atomic E-state index is 0.477. The van der Waals surface area contributed by atoms with Crippen molar-refractivity contribution in [1.29, 1.82) is 5.26 Å². The van der Waals surface area contributed by atoms with Gasteiger partial charge >= 0.3 is 0 Å². The van der Waals surface area contributed by atoms with Gasteiger partial charge in [-0.2, -0.15) is 5.26 Å². The molecular formula is C10H17N7. The van der Waals surface area contributed by atoms with Crippen molar-refractivity contribution in [2.24, 2.45) is 4.99 Å². The van der Waals surface area contributed by atoms with E-state index in [-0.39, 0.29) is 0 Å². The number of rotatable bonds is 5. The Hall–Kier alpha value is -2.07. The molecule has 17 heavy (non-hydrogen) atoms. The summed E-state index contributed by atoms with van der Waals surface area (Å²) in [4.78, 5) is 11.4. The number of imidazole rings is 1. The predicted molar refractivity (Wildman–Crippen MR) is 65.1 cm³/mol. The highest BCUT2D eigenvalue weighted by Crippen LogP contribution is 1.93. The Bertz CT molecular complexity index is 401. The quantitative estimate of drug-likeness (QED) is 0.180. The molecule has 0 radical (unpaired) electrons. The second-order valence-electron chi connectivity index (χ2n) is 3.37. The van der Waals surface area contributed by atoms with Gasteiger partial charge in [0, 0.05) is 26.3 Å². The molecule has 0 atom stereocenters. The van der Waals surface area contributed by atoms with E-state index in [1.807, 2.05) is 19.3 Å². The average Bonchev–Trinajstić information content (AvgIpc) is 2.73. The zero-order valence-corrected chi connectivity index (χ0v) is 10.0. The molecule has 0 saturated carbocycles. The Kier molecular flexibility index (Phi) is 5.54. The van der Waals surface area contributed by atoms with Crippen LogP contribution in [-0.4, -0.2) is 36.1 Å². The first-order chi connectivity index (χ1) is 8.26. The Morgan fingerprint density at radius 1 is 1.65 bits per heavy atom. The minimum Gasteiger partial charge on any atom is -0.359 e. The van der Waals surface area contributed by atoms with Crippen molar-refractivity contribution in [3.8, 4) is 6.19 Å². The zero-order chi connectivity index (χ0) is 12.5. The highest BCUT2D eigenvalue weighted by molar-refractivity contribution is 5.80. The van der Waals surface area contributed by atoms with Crippen LogP contribution in [-0.2, 0) is 6.54 Å². The molecule has 0 aliphatic rings. The summed E-state index contributed by atoms with van der Waals surface area (Å²) in [5.74, 6) is 1.39. The monoisotopic (exact) mass is 235 g/mol. The molecule has 7 heteroatoms. The maximum absolute atomic E-state index is 8.41. The number of hydrogen-bond donors (Lipinski definition) is 4. The van der Waals surface area contributed by atoms with E-state index < -0.39 is 0 Å². The third-order valence-corrected chi connectivity index (χ3v) is 2.03. The predicted octanol–water partition coefficient (Wildman–Crippen LogP) is -0.546. The van der Waals surface area contributed by atoms with Crippen molar-refractivity contribution in [1.82, 2.24) is 25.9 Å². The lowest BCUT2D eigenvalue weighted by Crippen LogP contribution is -2.32. The third kappa shape index (κ3) is 4.99. The molecule has 0 bridgehead atoms.